The number of carbonyl (C=O) groups excluding carboxylic acids is 2. The summed E-state index contributed by atoms with van der Waals surface area (Å²) in [6, 6.07) is 7.76. The molecule has 0 heterocycles. The number of benzene rings is 2. The third-order valence-electron chi connectivity index (χ3n) is 4.83. The third-order valence-corrected chi connectivity index (χ3v) is 5.12. The maximum atomic E-state index is 13.5. The fraction of sp³-hybridized carbons (Fsp3) is 0.360. The molecule has 0 saturated carbocycles. The number of ether oxygens (including phenoxy) is 2. The fourth-order valence-corrected chi connectivity index (χ4v) is 3.67. The molecule has 2 aromatic rings. The van der Waals surface area contributed by atoms with Crippen LogP contribution in [0.15, 0.2) is 36.4 Å². The Bertz CT molecular complexity index is 983. The summed E-state index contributed by atoms with van der Waals surface area (Å²) < 4.78 is 23.8. The zero-order valence-electron chi connectivity index (χ0n) is 18.7. The van der Waals surface area contributed by atoms with Crippen molar-refractivity contribution in [2.75, 3.05) is 13.7 Å². The molecule has 0 amide bonds. The van der Waals surface area contributed by atoms with Gasteiger partial charge < -0.3 is 14.6 Å². The van der Waals surface area contributed by atoms with Crippen LogP contribution in [0.4, 0.5) is 4.39 Å². The lowest BCUT2D eigenvalue weighted by atomic mass is 9.88. The molecule has 5 nitrogen and oxygen atoms in total. The van der Waals surface area contributed by atoms with Crippen molar-refractivity contribution in [1.29, 1.82) is 0 Å². The first kappa shape index (κ1) is 25.6. The van der Waals surface area contributed by atoms with Crippen LogP contribution in [0.1, 0.15) is 50.7 Å². The molecule has 0 aliphatic heterocycles. The van der Waals surface area contributed by atoms with Gasteiger partial charge in [-0.15, -0.1) is 0 Å². The van der Waals surface area contributed by atoms with Gasteiger partial charge in [-0.1, -0.05) is 49.7 Å². The van der Waals surface area contributed by atoms with E-state index >= 15 is 0 Å². The van der Waals surface area contributed by atoms with Crippen molar-refractivity contribution in [1.82, 2.24) is 0 Å². The van der Waals surface area contributed by atoms with Crippen molar-refractivity contribution in [2.24, 2.45) is 0 Å². The third kappa shape index (κ3) is 6.65. The summed E-state index contributed by atoms with van der Waals surface area (Å²) in [5.74, 6) is -0.893. The molecule has 172 valence electrons. The Labute approximate surface area is 192 Å². The van der Waals surface area contributed by atoms with Crippen LogP contribution in [0.25, 0.3) is 17.2 Å². The number of aliphatic hydroxyl groups is 1. The summed E-state index contributed by atoms with van der Waals surface area (Å²) in [5.41, 5.74) is 2.99. The number of carbonyl (C=O) groups is 2. The number of halogens is 2. The molecule has 0 fully saturated rings. The molecule has 0 saturated heterocycles. The quantitative estimate of drug-likeness (QED) is 0.369. The molecule has 1 unspecified atom stereocenters. The Kier molecular flexibility index (Phi) is 9.42. The summed E-state index contributed by atoms with van der Waals surface area (Å²) in [5, 5.41) is 10.8. The summed E-state index contributed by atoms with van der Waals surface area (Å²) in [6.45, 7) is 5.86. The number of Topliss-reactive ketones (excluding diaryl/α,β-unsaturated/α-hetero) is 1. The van der Waals surface area contributed by atoms with E-state index in [0.717, 1.165) is 11.1 Å². The highest BCUT2D eigenvalue weighted by Gasteiger charge is 2.20. The lowest BCUT2D eigenvalue weighted by molar-refractivity contribution is -0.145. The van der Waals surface area contributed by atoms with E-state index < -0.39 is 17.9 Å². The second-order valence-corrected chi connectivity index (χ2v) is 7.99. The van der Waals surface area contributed by atoms with Crippen molar-refractivity contribution in [2.45, 2.75) is 45.6 Å². The predicted octanol–water partition coefficient (Wildman–Crippen LogP) is 5.56. The number of esters is 1. The van der Waals surface area contributed by atoms with Gasteiger partial charge in [0.1, 0.15) is 23.8 Å². The monoisotopic (exact) mass is 462 g/mol. The van der Waals surface area contributed by atoms with Gasteiger partial charge in [-0.05, 0) is 47.7 Å². The van der Waals surface area contributed by atoms with Crippen LogP contribution in [-0.4, -0.2) is 36.7 Å². The van der Waals surface area contributed by atoms with Crippen LogP contribution in [0.5, 0.6) is 5.75 Å². The second-order valence-electron chi connectivity index (χ2n) is 7.58. The van der Waals surface area contributed by atoms with Gasteiger partial charge in [0.05, 0.1) is 24.8 Å². The van der Waals surface area contributed by atoms with Gasteiger partial charge in [-0.25, -0.2) is 4.39 Å². The number of aliphatic hydroxyl groups excluding tert-OH is 1. The number of methoxy groups -OCH3 is 1. The molecular formula is C25H28ClFO5. The standard InChI is InChI=1S/C25H28ClFO5/c1-5-32-23(30)13-19(29)12-18(28)10-11-20-21(15(2)3)14-22(26)25(31-4)24(20)16-6-8-17(27)9-7-16/h6-11,14-15,18,28H,5,12-13H2,1-4H3/b11-10+. The summed E-state index contributed by atoms with van der Waals surface area (Å²) >= 11 is 6.48. The van der Waals surface area contributed by atoms with Gasteiger partial charge in [-0.3, -0.25) is 9.59 Å². The number of hydrogen-bond acceptors (Lipinski definition) is 5. The highest BCUT2D eigenvalue weighted by molar-refractivity contribution is 6.32. The first-order valence-corrected chi connectivity index (χ1v) is 10.8. The van der Waals surface area contributed by atoms with Gasteiger partial charge in [0.2, 0.25) is 0 Å². The minimum absolute atomic E-state index is 0.0832. The predicted molar refractivity (Wildman–Crippen MR) is 123 cm³/mol. The number of hydrogen-bond donors (Lipinski definition) is 1. The molecule has 2 rings (SSSR count). The van der Waals surface area contributed by atoms with Crippen molar-refractivity contribution >= 4 is 29.4 Å². The molecule has 1 N–H and O–H groups in total. The first-order valence-electron chi connectivity index (χ1n) is 10.4. The molecule has 1 atom stereocenters. The van der Waals surface area contributed by atoms with Crippen LogP contribution in [0.3, 0.4) is 0 Å². The zero-order chi connectivity index (χ0) is 23.8. The van der Waals surface area contributed by atoms with Crippen molar-refractivity contribution in [3.05, 3.63) is 58.4 Å². The Morgan fingerprint density at radius 3 is 2.44 bits per heavy atom. The smallest absolute Gasteiger partial charge is 0.313 e. The molecule has 0 aliphatic carbocycles. The average molecular weight is 463 g/mol. The van der Waals surface area contributed by atoms with E-state index in [1.807, 2.05) is 13.8 Å². The van der Waals surface area contributed by atoms with Crippen LogP contribution >= 0.6 is 11.6 Å². The number of rotatable bonds is 10. The van der Waals surface area contributed by atoms with E-state index in [1.54, 1.807) is 31.2 Å². The molecule has 7 heteroatoms. The van der Waals surface area contributed by atoms with E-state index in [-0.39, 0.29) is 31.2 Å². The van der Waals surface area contributed by atoms with Gasteiger partial charge in [-0.2, -0.15) is 0 Å². The summed E-state index contributed by atoms with van der Waals surface area (Å²) in [7, 11) is 1.50. The van der Waals surface area contributed by atoms with Gasteiger partial charge in [0.15, 0.2) is 0 Å². The lowest BCUT2D eigenvalue weighted by Crippen LogP contribution is -2.16. The van der Waals surface area contributed by atoms with E-state index in [9.17, 15) is 19.1 Å². The topological polar surface area (TPSA) is 72.8 Å². The molecular weight excluding hydrogens is 435 g/mol. The molecule has 0 aromatic heterocycles. The van der Waals surface area contributed by atoms with Gasteiger partial charge in [0.25, 0.3) is 0 Å². The van der Waals surface area contributed by atoms with Gasteiger partial charge in [0, 0.05) is 12.0 Å². The molecule has 2 aromatic carbocycles. The molecule has 0 bridgehead atoms. The van der Waals surface area contributed by atoms with Crippen molar-refractivity contribution in [3.63, 3.8) is 0 Å². The summed E-state index contributed by atoms with van der Waals surface area (Å²) in [6.07, 6.45) is 1.49. The molecule has 0 radical (unpaired) electrons. The van der Waals surface area contributed by atoms with E-state index in [0.29, 0.717) is 21.9 Å². The molecule has 0 aliphatic rings. The first-order chi connectivity index (χ1) is 15.2. The van der Waals surface area contributed by atoms with E-state index in [1.165, 1.54) is 25.3 Å². The van der Waals surface area contributed by atoms with Crippen LogP contribution in [0, 0.1) is 5.82 Å². The largest absolute Gasteiger partial charge is 0.495 e. The number of ketones is 1. The van der Waals surface area contributed by atoms with Gasteiger partial charge >= 0.3 is 5.97 Å². The normalized spacial score (nSPS) is 12.2. The second kappa shape index (κ2) is 11.8. The molecule has 32 heavy (non-hydrogen) atoms. The van der Waals surface area contributed by atoms with Crippen LogP contribution in [-0.2, 0) is 14.3 Å². The minimum Gasteiger partial charge on any atom is -0.495 e. The van der Waals surface area contributed by atoms with E-state index in [4.69, 9.17) is 21.1 Å². The summed E-state index contributed by atoms with van der Waals surface area (Å²) in [4.78, 5) is 23.5. The Hall–Kier alpha value is -2.70. The SMILES string of the molecule is CCOC(=O)CC(=O)CC(O)/C=C/c1c(C(C)C)cc(Cl)c(OC)c1-c1ccc(F)cc1. The van der Waals surface area contributed by atoms with Crippen molar-refractivity contribution in [3.8, 4) is 16.9 Å². The molecule has 0 spiro atoms. The van der Waals surface area contributed by atoms with E-state index in [2.05, 4.69) is 0 Å². The van der Waals surface area contributed by atoms with Crippen LogP contribution < -0.4 is 4.74 Å². The Morgan fingerprint density at radius 1 is 1.22 bits per heavy atom. The lowest BCUT2D eigenvalue weighted by Gasteiger charge is -2.20. The Balaban J connectivity index is 2.45. The van der Waals surface area contributed by atoms with Crippen molar-refractivity contribution < 1.29 is 28.6 Å². The highest BCUT2D eigenvalue weighted by atomic mass is 35.5. The van der Waals surface area contributed by atoms with Crippen LogP contribution in [0.2, 0.25) is 5.02 Å². The Morgan fingerprint density at radius 2 is 1.88 bits per heavy atom. The maximum absolute atomic E-state index is 13.5. The average Bonchev–Trinajstić information content (AvgIpc) is 2.72. The zero-order valence-corrected chi connectivity index (χ0v) is 19.4. The maximum Gasteiger partial charge on any atom is 0.313 e. The minimum atomic E-state index is -1.10. The fourth-order valence-electron chi connectivity index (χ4n) is 3.38. The highest BCUT2D eigenvalue weighted by Crippen LogP contribution is 2.43.